The van der Waals surface area contributed by atoms with Gasteiger partial charge in [0.05, 0.1) is 0 Å². The summed E-state index contributed by atoms with van der Waals surface area (Å²) in [6.07, 6.45) is 46.5. The number of unbranched alkanes of at least 4 members (excludes halogenated alkanes) is 27. The van der Waals surface area contributed by atoms with E-state index in [0.29, 0.717) is 0 Å². The predicted octanol–water partition coefficient (Wildman–Crippen LogP) is 13.8. The Morgan fingerprint density at radius 2 is 0.682 bits per heavy atom. The van der Waals surface area contributed by atoms with Crippen LogP contribution in [0.5, 0.6) is 0 Å². The second-order valence-corrected chi connectivity index (χ2v) is 15.1. The van der Waals surface area contributed by atoms with Crippen molar-refractivity contribution in [1.29, 1.82) is 0 Å². The summed E-state index contributed by atoms with van der Waals surface area (Å²) in [5.74, 6) is 0.949. The van der Waals surface area contributed by atoms with Crippen LogP contribution in [0.2, 0.25) is 0 Å². The van der Waals surface area contributed by atoms with Crippen LogP contribution in [0.1, 0.15) is 226 Å². The minimum Gasteiger partial charge on any atom is -0.303 e. The summed E-state index contributed by atoms with van der Waals surface area (Å²) < 4.78 is 0. The van der Waals surface area contributed by atoms with Crippen LogP contribution in [0.25, 0.3) is 0 Å². The van der Waals surface area contributed by atoms with Gasteiger partial charge in [-0.05, 0) is 70.7 Å². The van der Waals surface area contributed by atoms with Crippen LogP contribution in [0, 0.1) is 5.92 Å². The van der Waals surface area contributed by atoms with Crippen LogP contribution < -0.4 is 0 Å². The summed E-state index contributed by atoms with van der Waals surface area (Å²) in [7, 11) is 0. The summed E-state index contributed by atoms with van der Waals surface area (Å²) in [5, 5.41) is 0. The Balaban J connectivity index is 2.19. The zero-order valence-electron chi connectivity index (χ0n) is 31.3. The summed E-state index contributed by atoms with van der Waals surface area (Å²) in [4.78, 5) is 5.72. The van der Waals surface area contributed by atoms with Crippen LogP contribution in [-0.2, 0) is 0 Å². The Morgan fingerprint density at radius 3 is 1.02 bits per heavy atom. The fraction of sp³-hybridized carbons (Fsp3) is 1.00. The summed E-state index contributed by atoms with van der Waals surface area (Å²) in [6.45, 7) is 15.2. The first kappa shape index (κ1) is 41.9. The number of nitrogens with zero attached hydrogens (tertiary/aromatic N) is 2. The van der Waals surface area contributed by atoms with E-state index in [0.717, 1.165) is 5.92 Å². The topological polar surface area (TPSA) is 6.48 Å². The molecule has 0 amide bonds. The average molecular weight is 619 g/mol. The lowest BCUT2D eigenvalue weighted by Crippen LogP contribution is -2.39. The molecule has 1 aliphatic heterocycles. The molecule has 0 radical (unpaired) electrons. The molecule has 0 N–H and O–H groups in total. The molecule has 1 fully saturated rings. The average Bonchev–Trinajstić information content (AvgIpc) is 3.04. The minimum absolute atomic E-state index is 0.949. The van der Waals surface area contributed by atoms with Crippen molar-refractivity contribution < 1.29 is 0 Å². The van der Waals surface area contributed by atoms with Crippen molar-refractivity contribution in [3.8, 4) is 0 Å². The van der Waals surface area contributed by atoms with Crippen LogP contribution in [0.4, 0.5) is 0 Å². The third kappa shape index (κ3) is 28.2. The fourth-order valence-electron chi connectivity index (χ4n) is 7.52. The molecule has 0 saturated carbocycles. The lowest BCUT2D eigenvalue weighted by atomic mass is 9.95. The van der Waals surface area contributed by atoms with Crippen LogP contribution >= 0.6 is 0 Å². The van der Waals surface area contributed by atoms with Gasteiger partial charge in [-0.3, -0.25) is 0 Å². The Labute approximate surface area is 280 Å². The third-order valence-electron chi connectivity index (χ3n) is 10.7. The van der Waals surface area contributed by atoms with E-state index < -0.39 is 0 Å². The van der Waals surface area contributed by atoms with Crippen molar-refractivity contribution in [2.45, 2.75) is 226 Å². The molecule has 1 aliphatic rings. The van der Waals surface area contributed by atoms with E-state index >= 15 is 0 Å². The van der Waals surface area contributed by atoms with E-state index in [4.69, 9.17) is 0 Å². The van der Waals surface area contributed by atoms with E-state index in [9.17, 15) is 0 Å². The van der Waals surface area contributed by atoms with E-state index in [1.807, 2.05) is 0 Å². The first-order chi connectivity index (χ1) is 21.8. The van der Waals surface area contributed by atoms with Crippen molar-refractivity contribution in [2.24, 2.45) is 5.92 Å². The predicted molar refractivity (Wildman–Crippen MR) is 201 cm³/mol. The van der Waals surface area contributed by atoms with Gasteiger partial charge >= 0.3 is 0 Å². The Morgan fingerprint density at radius 1 is 0.386 bits per heavy atom. The molecular formula is C42H86N2. The van der Waals surface area contributed by atoms with Crippen LogP contribution in [0.15, 0.2) is 0 Å². The standard InChI is InChI=1S/C42H86N2/c1-4-7-10-13-16-19-22-25-28-31-36-43-39-34-42(35-40-43)41-44(37-32-29-26-23-20-17-14-11-8-5-2)38-33-30-27-24-21-18-15-12-9-6-3/h42H,4-41H2,1-3H3. The highest BCUT2D eigenvalue weighted by Gasteiger charge is 2.21. The molecule has 0 unspecified atom stereocenters. The number of hydrogen-bond donors (Lipinski definition) is 0. The lowest BCUT2D eigenvalue weighted by molar-refractivity contribution is 0.139. The first-order valence-corrected chi connectivity index (χ1v) is 21.2. The zero-order valence-corrected chi connectivity index (χ0v) is 31.3. The van der Waals surface area contributed by atoms with Gasteiger partial charge in [0.1, 0.15) is 0 Å². The second-order valence-electron chi connectivity index (χ2n) is 15.1. The summed E-state index contributed by atoms with van der Waals surface area (Å²) in [6, 6.07) is 0. The molecular weight excluding hydrogens is 532 g/mol. The molecule has 2 heteroatoms. The molecule has 0 aromatic carbocycles. The second kappa shape index (κ2) is 34.3. The monoisotopic (exact) mass is 619 g/mol. The first-order valence-electron chi connectivity index (χ1n) is 21.2. The summed E-state index contributed by atoms with van der Waals surface area (Å²) >= 11 is 0. The summed E-state index contributed by atoms with van der Waals surface area (Å²) in [5.41, 5.74) is 0. The maximum Gasteiger partial charge on any atom is 0.00106 e. The molecule has 1 saturated heterocycles. The Bertz CT molecular complexity index is 502. The fourth-order valence-corrected chi connectivity index (χ4v) is 7.52. The smallest absolute Gasteiger partial charge is 0.00106 e. The van der Waals surface area contributed by atoms with E-state index in [1.54, 1.807) is 0 Å². The van der Waals surface area contributed by atoms with Gasteiger partial charge in [-0.2, -0.15) is 0 Å². The molecule has 1 heterocycles. The Hall–Kier alpha value is -0.0800. The molecule has 0 spiro atoms. The van der Waals surface area contributed by atoms with Crippen molar-refractivity contribution in [2.75, 3.05) is 39.3 Å². The molecule has 1 rings (SSSR count). The maximum atomic E-state index is 2.91. The molecule has 264 valence electrons. The molecule has 0 aromatic heterocycles. The molecule has 44 heavy (non-hydrogen) atoms. The van der Waals surface area contributed by atoms with Gasteiger partial charge in [0, 0.05) is 6.54 Å². The SMILES string of the molecule is CCCCCCCCCCCCN1CCC(CN(CCCCCCCCCCCC)CCCCCCCCCCCC)CC1. The maximum absolute atomic E-state index is 2.91. The van der Waals surface area contributed by atoms with Gasteiger partial charge in [-0.1, -0.05) is 194 Å². The van der Waals surface area contributed by atoms with E-state index in [2.05, 4.69) is 30.6 Å². The van der Waals surface area contributed by atoms with Crippen molar-refractivity contribution in [3.63, 3.8) is 0 Å². The number of rotatable bonds is 35. The van der Waals surface area contributed by atoms with Gasteiger partial charge < -0.3 is 9.80 Å². The minimum atomic E-state index is 0.949. The lowest BCUT2D eigenvalue weighted by Gasteiger charge is -2.35. The molecule has 2 nitrogen and oxygen atoms in total. The normalized spacial score (nSPS) is 14.7. The highest BCUT2D eigenvalue weighted by Crippen LogP contribution is 2.21. The van der Waals surface area contributed by atoms with Gasteiger partial charge in [0.15, 0.2) is 0 Å². The van der Waals surface area contributed by atoms with Crippen LogP contribution in [0.3, 0.4) is 0 Å². The Kier molecular flexibility index (Phi) is 32.7. The van der Waals surface area contributed by atoms with Crippen molar-refractivity contribution >= 4 is 0 Å². The highest BCUT2D eigenvalue weighted by molar-refractivity contribution is 4.76. The largest absolute Gasteiger partial charge is 0.303 e. The molecule has 0 bridgehead atoms. The number of hydrogen-bond acceptors (Lipinski definition) is 2. The molecule has 0 aliphatic carbocycles. The van der Waals surface area contributed by atoms with Gasteiger partial charge in [0.25, 0.3) is 0 Å². The van der Waals surface area contributed by atoms with Crippen molar-refractivity contribution in [3.05, 3.63) is 0 Å². The molecule has 0 aromatic rings. The van der Waals surface area contributed by atoms with Crippen LogP contribution in [-0.4, -0.2) is 49.1 Å². The quantitative estimate of drug-likeness (QED) is 0.0652. The van der Waals surface area contributed by atoms with Gasteiger partial charge in [-0.25, -0.2) is 0 Å². The van der Waals surface area contributed by atoms with Gasteiger partial charge in [0.2, 0.25) is 0 Å². The van der Waals surface area contributed by atoms with Gasteiger partial charge in [-0.15, -0.1) is 0 Å². The van der Waals surface area contributed by atoms with E-state index in [-0.39, 0.29) is 0 Å². The number of piperidine rings is 1. The highest BCUT2D eigenvalue weighted by atomic mass is 15.1. The number of likely N-dealkylation sites (tertiary alicyclic amines) is 1. The third-order valence-corrected chi connectivity index (χ3v) is 10.7. The van der Waals surface area contributed by atoms with E-state index in [1.165, 1.54) is 245 Å². The molecule has 0 atom stereocenters. The van der Waals surface area contributed by atoms with Crippen molar-refractivity contribution in [1.82, 2.24) is 9.80 Å². The zero-order chi connectivity index (χ0) is 31.6.